The van der Waals surface area contributed by atoms with Gasteiger partial charge in [0.15, 0.2) is 11.6 Å². The summed E-state index contributed by atoms with van der Waals surface area (Å²) >= 11 is 0. The average molecular weight is 464 g/mol. The third-order valence-electron chi connectivity index (χ3n) is 6.11. The molecule has 1 aromatic heterocycles. The van der Waals surface area contributed by atoms with Crippen LogP contribution in [0.3, 0.4) is 0 Å². The number of carbonyl (C=O) groups excluding carboxylic acids is 2. The zero-order valence-corrected chi connectivity index (χ0v) is 17.1. The molecule has 3 heterocycles. The molecule has 2 aromatic rings. The SMILES string of the molecule is O=C1Nc2ccc(F)c(F)c2CN1CC(=O)N1C[C@@H]2C=C(c3ccc(OC(F)F)nc3)C1C2.[HH]. The molecule has 0 spiro atoms. The highest BCUT2D eigenvalue weighted by Gasteiger charge is 2.42. The molecule has 1 aromatic carbocycles. The number of hydrogen-bond donors (Lipinski definition) is 1. The molecular formula is C22H20F4N4O3. The monoisotopic (exact) mass is 464 g/mol. The number of nitrogens with one attached hydrogen (secondary N) is 1. The zero-order valence-electron chi connectivity index (χ0n) is 17.1. The number of nitrogens with zero attached hydrogens (tertiary/aromatic N) is 3. The Balaban J connectivity index is 0.00000274. The van der Waals surface area contributed by atoms with Gasteiger partial charge in [-0.2, -0.15) is 8.78 Å². The molecule has 174 valence electrons. The lowest BCUT2D eigenvalue weighted by Gasteiger charge is -2.33. The van der Waals surface area contributed by atoms with Gasteiger partial charge in [-0.1, -0.05) is 6.08 Å². The smallest absolute Gasteiger partial charge is 0.388 e. The molecular weight excluding hydrogens is 444 g/mol. The first kappa shape index (κ1) is 21.2. The van der Waals surface area contributed by atoms with Crippen molar-refractivity contribution in [2.75, 3.05) is 18.4 Å². The van der Waals surface area contributed by atoms with Gasteiger partial charge in [-0.3, -0.25) is 4.79 Å². The summed E-state index contributed by atoms with van der Waals surface area (Å²) in [6.07, 6.45) is 4.14. The van der Waals surface area contributed by atoms with E-state index in [1.165, 1.54) is 18.3 Å². The number of pyridine rings is 1. The van der Waals surface area contributed by atoms with Crippen LogP contribution in [0.15, 0.2) is 36.5 Å². The third-order valence-corrected chi connectivity index (χ3v) is 6.11. The van der Waals surface area contributed by atoms with Crippen molar-refractivity contribution in [3.05, 3.63) is 59.3 Å². The molecule has 1 unspecified atom stereocenters. The van der Waals surface area contributed by atoms with Crippen LogP contribution < -0.4 is 10.1 Å². The fraction of sp³-hybridized carbons (Fsp3) is 0.318. The van der Waals surface area contributed by atoms with Gasteiger partial charge >= 0.3 is 12.6 Å². The molecule has 5 rings (SSSR count). The summed E-state index contributed by atoms with van der Waals surface area (Å²) < 4.78 is 56.7. The number of anilines is 1. The van der Waals surface area contributed by atoms with Gasteiger partial charge in [-0.05, 0) is 41.7 Å². The summed E-state index contributed by atoms with van der Waals surface area (Å²) in [7, 11) is 0. The summed E-state index contributed by atoms with van der Waals surface area (Å²) in [6.45, 7) is -3.02. The van der Waals surface area contributed by atoms with Gasteiger partial charge in [0.2, 0.25) is 11.8 Å². The van der Waals surface area contributed by atoms with Crippen LogP contribution in [0.5, 0.6) is 5.88 Å². The number of hydrogen-bond acceptors (Lipinski definition) is 4. The molecule has 3 amide bonds. The average Bonchev–Trinajstić information content (AvgIpc) is 3.39. The number of halogens is 4. The summed E-state index contributed by atoms with van der Waals surface area (Å²) in [4.78, 5) is 32.1. The van der Waals surface area contributed by atoms with Crippen LogP contribution in [0.1, 0.15) is 19.0 Å². The number of urea groups is 1. The van der Waals surface area contributed by atoms with Crippen LogP contribution in [0.25, 0.3) is 5.57 Å². The molecule has 2 aliphatic heterocycles. The van der Waals surface area contributed by atoms with Crippen LogP contribution in [-0.2, 0) is 11.3 Å². The van der Waals surface area contributed by atoms with Crippen molar-refractivity contribution >= 4 is 23.2 Å². The van der Waals surface area contributed by atoms with Crippen LogP contribution >= 0.6 is 0 Å². The lowest BCUT2D eigenvalue weighted by atomic mass is 10.0. The molecule has 0 saturated carbocycles. The first-order valence-corrected chi connectivity index (χ1v) is 10.3. The van der Waals surface area contributed by atoms with E-state index in [9.17, 15) is 27.2 Å². The second-order valence-electron chi connectivity index (χ2n) is 8.12. The molecule has 0 radical (unpaired) electrons. The van der Waals surface area contributed by atoms with Crippen molar-refractivity contribution in [3.8, 4) is 5.88 Å². The first-order valence-electron chi connectivity index (χ1n) is 10.3. The Bertz CT molecular complexity index is 1160. The van der Waals surface area contributed by atoms with E-state index in [4.69, 9.17) is 0 Å². The van der Waals surface area contributed by atoms with Gasteiger partial charge in [0.05, 0.1) is 18.3 Å². The van der Waals surface area contributed by atoms with Gasteiger partial charge in [-0.25, -0.2) is 18.6 Å². The normalized spacial score (nSPS) is 21.2. The Labute approximate surface area is 187 Å². The number of fused-ring (bicyclic) bond motifs is 3. The Morgan fingerprint density at radius 3 is 2.79 bits per heavy atom. The molecule has 2 bridgehead atoms. The Kier molecular flexibility index (Phi) is 5.18. The van der Waals surface area contributed by atoms with E-state index in [0.29, 0.717) is 18.5 Å². The minimum atomic E-state index is -2.97. The highest BCUT2D eigenvalue weighted by atomic mass is 19.3. The number of rotatable bonds is 5. The predicted molar refractivity (Wildman–Crippen MR) is 110 cm³/mol. The minimum absolute atomic E-state index is 0. The second-order valence-corrected chi connectivity index (χ2v) is 8.12. The second kappa shape index (κ2) is 8.05. The van der Waals surface area contributed by atoms with Crippen molar-refractivity contribution in [2.24, 2.45) is 5.92 Å². The Morgan fingerprint density at radius 2 is 2.09 bits per heavy atom. The molecule has 33 heavy (non-hydrogen) atoms. The number of likely N-dealkylation sites (tertiary alicyclic amines) is 1. The number of aromatic nitrogens is 1. The Hall–Kier alpha value is -3.63. The van der Waals surface area contributed by atoms with Crippen molar-refractivity contribution in [2.45, 2.75) is 25.6 Å². The van der Waals surface area contributed by atoms with E-state index < -0.39 is 24.3 Å². The molecule has 3 aliphatic rings. The van der Waals surface area contributed by atoms with E-state index in [1.807, 2.05) is 6.08 Å². The number of amides is 3. The van der Waals surface area contributed by atoms with E-state index in [1.54, 1.807) is 11.0 Å². The summed E-state index contributed by atoms with van der Waals surface area (Å²) in [5.41, 5.74) is 1.70. The molecule has 1 fully saturated rings. The fourth-order valence-corrected chi connectivity index (χ4v) is 4.63. The van der Waals surface area contributed by atoms with E-state index in [2.05, 4.69) is 15.0 Å². The van der Waals surface area contributed by atoms with Gasteiger partial charge in [0, 0.05) is 25.8 Å². The topological polar surface area (TPSA) is 74.8 Å². The van der Waals surface area contributed by atoms with Crippen LogP contribution in [0.2, 0.25) is 0 Å². The van der Waals surface area contributed by atoms with E-state index in [0.717, 1.165) is 16.5 Å². The van der Waals surface area contributed by atoms with Crippen molar-refractivity contribution < 1.29 is 33.3 Å². The van der Waals surface area contributed by atoms with Gasteiger partial charge in [-0.15, -0.1) is 0 Å². The van der Waals surface area contributed by atoms with Crippen molar-refractivity contribution in [3.63, 3.8) is 0 Å². The van der Waals surface area contributed by atoms with Crippen molar-refractivity contribution in [1.29, 1.82) is 0 Å². The number of ether oxygens (including phenoxy) is 1. The van der Waals surface area contributed by atoms with Gasteiger partial charge < -0.3 is 19.9 Å². The van der Waals surface area contributed by atoms with Crippen LogP contribution in [0, 0.1) is 17.6 Å². The van der Waals surface area contributed by atoms with Crippen molar-refractivity contribution in [1.82, 2.24) is 14.8 Å². The number of carbonyl (C=O) groups is 2. The summed E-state index contributed by atoms with van der Waals surface area (Å²) in [5.74, 6) is -2.49. The molecule has 7 nitrogen and oxygen atoms in total. The standard InChI is InChI=1S/C22H18F4N4O3.H2/c23-15-2-3-16-14(20(15)24)9-29(22(32)28-16)10-19(31)30-8-11-5-13(17(30)6-11)12-1-4-18(27-7-12)33-21(25)26;/h1-5,7,11,17,21H,6,8-10H2,(H,28,32);1H/t11-,17?;/m1./s1. The number of benzene rings is 1. The number of alkyl halides is 2. The summed E-state index contributed by atoms with van der Waals surface area (Å²) in [6, 6.07) is 4.34. The molecule has 11 heteroatoms. The van der Waals surface area contributed by atoms with Crippen LogP contribution in [-0.4, -0.2) is 52.5 Å². The fourth-order valence-electron chi connectivity index (χ4n) is 4.63. The zero-order chi connectivity index (χ0) is 23.3. The predicted octanol–water partition coefficient (Wildman–Crippen LogP) is 3.87. The molecule has 1 saturated heterocycles. The maximum absolute atomic E-state index is 14.2. The largest absolute Gasteiger partial charge is 0.417 e. The van der Waals surface area contributed by atoms with Gasteiger partial charge in [0.25, 0.3) is 0 Å². The van der Waals surface area contributed by atoms with E-state index >= 15 is 0 Å². The lowest BCUT2D eigenvalue weighted by molar-refractivity contribution is -0.132. The molecule has 2 atom stereocenters. The van der Waals surface area contributed by atoms with Gasteiger partial charge in [0.1, 0.15) is 6.54 Å². The summed E-state index contributed by atoms with van der Waals surface area (Å²) in [5, 5.41) is 2.49. The Morgan fingerprint density at radius 1 is 1.27 bits per heavy atom. The van der Waals surface area contributed by atoms with E-state index in [-0.39, 0.29) is 49.5 Å². The first-order chi connectivity index (χ1) is 15.8. The molecule has 1 N–H and O–H groups in total. The third kappa shape index (κ3) is 3.87. The highest BCUT2D eigenvalue weighted by molar-refractivity contribution is 5.95. The maximum Gasteiger partial charge on any atom is 0.388 e. The molecule has 1 aliphatic carbocycles. The lowest BCUT2D eigenvalue weighted by Crippen LogP contribution is -2.48. The minimum Gasteiger partial charge on any atom is -0.417 e. The maximum atomic E-state index is 14.2. The quantitative estimate of drug-likeness (QED) is 0.682. The highest BCUT2D eigenvalue weighted by Crippen LogP contribution is 2.42. The van der Waals surface area contributed by atoms with Crippen LogP contribution in [0.4, 0.5) is 28.0 Å².